The Labute approximate surface area is 193 Å². The van der Waals surface area contributed by atoms with Crippen molar-refractivity contribution in [3.05, 3.63) is 46.3 Å². The molecule has 4 nitrogen and oxygen atoms in total. The van der Waals surface area contributed by atoms with E-state index in [4.69, 9.17) is 40.4 Å². The van der Waals surface area contributed by atoms with Crippen LogP contribution in [0.15, 0.2) is 30.6 Å². The molecule has 2 aromatic heterocycles. The summed E-state index contributed by atoms with van der Waals surface area (Å²) in [6.45, 7) is 5.36. The van der Waals surface area contributed by atoms with Crippen LogP contribution in [0.25, 0.3) is 16.9 Å². The zero-order valence-electron chi connectivity index (χ0n) is 17.4. The first-order valence-corrected chi connectivity index (χ1v) is 11.8. The molecule has 158 valence electrons. The number of rotatable bonds is 6. The minimum Gasteiger partial charge on any atom is -0.353 e. The SMILES string of the molecule is CCCN(c1c(CC)nc2c(-c3ccc(Cl)cc3Cl)nccn12)C1CCCC(=S)C1. The van der Waals surface area contributed by atoms with Gasteiger partial charge in [-0.2, -0.15) is 0 Å². The van der Waals surface area contributed by atoms with Gasteiger partial charge in [-0.05, 0) is 61.6 Å². The van der Waals surface area contributed by atoms with Crippen molar-refractivity contribution in [1.82, 2.24) is 14.4 Å². The highest BCUT2D eigenvalue weighted by Crippen LogP contribution is 2.35. The molecule has 1 aliphatic rings. The molecule has 0 bridgehead atoms. The maximum Gasteiger partial charge on any atom is 0.165 e. The molecule has 2 heterocycles. The number of hydrogen-bond acceptors (Lipinski definition) is 4. The quantitative estimate of drug-likeness (QED) is 0.378. The maximum atomic E-state index is 6.51. The van der Waals surface area contributed by atoms with Gasteiger partial charge in [-0.25, -0.2) is 4.98 Å². The Morgan fingerprint density at radius 3 is 2.80 bits per heavy atom. The zero-order chi connectivity index (χ0) is 21.3. The molecule has 0 saturated heterocycles. The third-order valence-corrected chi connectivity index (χ3v) is 6.66. The van der Waals surface area contributed by atoms with E-state index >= 15 is 0 Å². The Kier molecular flexibility index (Phi) is 6.61. The average molecular weight is 461 g/mol. The highest BCUT2D eigenvalue weighted by molar-refractivity contribution is 7.80. The smallest absolute Gasteiger partial charge is 0.165 e. The number of aromatic nitrogens is 3. The Morgan fingerprint density at radius 2 is 2.10 bits per heavy atom. The maximum absolute atomic E-state index is 6.51. The van der Waals surface area contributed by atoms with E-state index in [1.165, 1.54) is 4.86 Å². The highest BCUT2D eigenvalue weighted by Gasteiger charge is 2.28. The number of nitrogens with zero attached hydrogens (tertiary/aromatic N) is 4. The van der Waals surface area contributed by atoms with Gasteiger partial charge in [-0.15, -0.1) is 0 Å². The Bertz CT molecular complexity index is 1080. The number of aryl methyl sites for hydroxylation is 1. The summed E-state index contributed by atoms with van der Waals surface area (Å²) in [7, 11) is 0. The van der Waals surface area contributed by atoms with E-state index in [0.717, 1.165) is 73.5 Å². The fraction of sp³-hybridized carbons (Fsp3) is 0.435. The van der Waals surface area contributed by atoms with Gasteiger partial charge in [-0.1, -0.05) is 49.3 Å². The summed E-state index contributed by atoms with van der Waals surface area (Å²) in [5.41, 5.74) is 3.52. The minimum absolute atomic E-state index is 0.423. The first-order valence-electron chi connectivity index (χ1n) is 10.6. The van der Waals surface area contributed by atoms with Gasteiger partial charge in [0.1, 0.15) is 11.5 Å². The lowest BCUT2D eigenvalue weighted by Crippen LogP contribution is -2.40. The highest BCUT2D eigenvalue weighted by atomic mass is 35.5. The van der Waals surface area contributed by atoms with Crippen LogP contribution in [0, 0.1) is 0 Å². The van der Waals surface area contributed by atoms with Crippen LogP contribution in [-0.4, -0.2) is 31.8 Å². The summed E-state index contributed by atoms with van der Waals surface area (Å²) in [6.07, 6.45) is 10.1. The molecule has 7 heteroatoms. The van der Waals surface area contributed by atoms with E-state index in [-0.39, 0.29) is 0 Å². The van der Waals surface area contributed by atoms with Gasteiger partial charge in [0, 0.05) is 35.6 Å². The largest absolute Gasteiger partial charge is 0.353 e. The predicted molar refractivity (Wildman–Crippen MR) is 130 cm³/mol. The molecule has 0 radical (unpaired) electrons. The number of hydrogen-bond donors (Lipinski definition) is 0. The summed E-state index contributed by atoms with van der Waals surface area (Å²) >= 11 is 18.2. The summed E-state index contributed by atoms with van der Waals surface area (Å²) in [6, 6.07) is 5.93. The molecule has 1 aromatic carbocycles. The molecule has 1 aliphatic carbocycles. The Balaban J connectivity index is 1.88. The molecule has 0 N–H and O–H groups in total. The van der Waals surface area contributed by atoms with E-state index < -0.39 is 0 Å². The topological polar surface area (TPSA) is 33.4 Å². The number of fused-ring (bicyclic) bond motifs is 1. The fourth-order valence-electron chi connectivity index (χ4n) is 4.39. The number of imidazole rings is 1. The van der Waals surface area contributed by atoms with Crippen LogP contribution in [0.1, 0.15) is 51.6 Å². The van der Waals surface area contributed by atoms with E-state index in [1.54, 1.807) is 6.07 Å². The molecule has 0 spiro atoms. The van der Waals surface area contributed by atoms with Crippen LogP contribution in [0.2, 0.25) is 10.0 Å². The number of benzene rings is 1. The molecule has 1 saturated carbocycles. The van der Waals surface area contributed by atoms with Gasteiger partial charge >= 0.3 is 0 Å². The van der Waals surface area contributed by atoms with E-state index in [2.05, 4.69) is 28.1 Å². The Morgan fingerprint density at radius 1 is 1.27 bits per heavy atom. The van der Waals surface area contributed by atoms with Crippen LogP contribution < -0.4 is 4.90 Å². The molecule has 0 aliphatic heterocycles. The van der Waals surface area contributed by atoms with E-state index in [9.17, 15) is 0 Å². The second-order valence-corrected chi connectivity index (χ2v) is 9.23. The van der Waals surface area contributed by atoms with Gasteiger partial charge in [0.25, 0.3) is 0 Å². The zero-order valence-corrected chi connectivity index (χ0v) is 19.7. The number of halogens is 2. The normalized spacial score (nSPS) is 16.9. The second-order valence-electron chi connectivity index (χ2n) is 7.81. The lowest BCUT2D eigenvalue weighted by molar-refractivity contribution is 0.515. The van der Waals surface area contributed by atoms with Crippen molar-refractivity contribution < 1.29 is 0 Å². The average Bonchev–Trinajstić information content (AvgIpc) is 3.11. The lowest BCUT2D eigenvalue weighted by atomic mass is 9.93. The van der Waals surface area contributed by atoms with Crippen LogP contribution in [0.5, 0.6) is 0 Å². The van der Waals surface area contributed by atoms with Crippen molar-refractivity contribution in [3.8, 4) is 11.3 Å². The molecule has 0 amide bonds. The predicted octanol–water partition coefficient (Wildman–Crippen LogP) is 6.79. The lowest BCUT2D eigenvalue weighted by Gasteiger charge is -2.36. The van der Waals surface area contributed by atoms with Gasteiger partial charge in [-0.3, -0.25) is 9.38 Å². The molecular formula is C23H26Cl2N4S. The van der Waals surface area contributed by atoms with Crippen molar-refractivity contribution in [2.75, 3.05) is 11.4 Å². The first-order chi connectivity index (χ1) is 14.5. The van der Waals surface area contributed by atoms with Crippen molar-refractivity contribution >= 4 is 51.7 Å². The summed E-state index contributed by atoms with van der Waals surface area (Å²) in [4.78, 5) is 13.4. The van der Waals surface area contributed by atoms with Crippen molar-refractivity contribution in [3.63, 3.8) is 0 Å². The summed E-state index contributed by atoms with van der Waals surface area (Å²) in [5, 5.41) is 1.19. The number of anilines is 1. The fourth-order valence-corrected chi connectivity index (χ4v) is 5.23. The molecular weight excluding hydrogens is 435 g/mol. The van der Waals surface area contributed by atoms with Gasteiger partial charge < -0.3 is 4.90 Å². The molecule has 1 unspecified atom stereocenters. The van der Waals surface area contributed by atoms with Crippen molar-refractivity contribution in [2.24, 2.45) is 0 Å². The van der Waals surface area contributed by atoms with Crippen molar-refractivity contribution in [2.45, 2.75) is 58.4 Å². The first kappa shape index (κ1) is 21.5. The van der Waals surface area contributed by atoms with Crippen LogP contribution in [-0.2, 0) is 6.42 Å². The van der Waals surface area contributed by atoms with Gasteiger partial charge in [0.15, 0.2) is 5.65 Å². The van der Waals surface area contributed by atoms with Crippen molar-refractivity contribution in [1.29, 1.82) is 0 Å². The minimum atomic E-state index is 0.423. The molecule has 3 aromatic rings. The van der Waals surface area contributed by atoms with Gasteiger partial charge in [0.2, 0.25) is 0 Å². The molecule has 1 atom stereocenters. The molecule has 30 heavy (non-hydrogen) atoms. The van der Waals surface area contributed by atoms with Gasteiger partial charge in [0.05, 0.1) is 10.7 Å². The van der Waals surface area contributed by atoms with Crippen LogP contribution >= 0.6 is 35.4 Å². The molecule has 1 fully saturated rings. The number of thiocarbonyl (C=S) groups is 1. The Hall–Kier alpha value is -1.69. The monoisotopic (exact) mass is 460 g/mol. The second kappa shape index (κ2) is 9.21. The van der Waals surface area contributed by atoms with Crippen LogP contribution in [0.3, 0.4) is 0 Å². The molecule has 4 rings (SSSR count). The standard InChI is InChI=1S/C23H26Cl2N4S/c1-3-11-28(16-6-5-7-17(30)14-16)23-20(4-2)27-22-21(26-10-12-29(22)23)18-9-8-15(24)13-19(18)25/h8-10,12-13,16H,3-7,11,14H2,1-2H3. The van der Waals surface area contributed by atoms with E-state index in [1.807, 2.05) is 24.5 Å². The van der Waals surface area contributed by atoms with E-state index in [0.29, 0.717) is 16.1 Å². The third-order valence-electron chi connectivity index (χ3n) is 5.74. The summed E-state index contributed by atoms with van der Waals surface area (Å²) < 4.78 is 2.18. The third kappa shape index (κ3) is 4.08. The van der Waals surface area contributed by atoms with Crippen LogP contribution in [0.4, 0.5) is 5.82 Å². The summed E-state index contributed by atoms with van der Waals surface area (Å²) in [5.74, 6) is 1.16.